The molecule has 3 aromatic rings. The number of carbonyl (C=O) groups excluding carboxylic acids is 1. The lowest BCUT2D eigenvalue weighted by Gasteiger charge is -2.05. The molecule has 8 nitrogen and oxygen atoms in total. The molecule has 0 unspecified atom stereocenters. The van der Waals surface area contributed by atoms with E-state index in [9.17, 15) is 14.9 Å². The Balaban J connectivity index is 1.77. The summed E-state index contributed by atoms with van der Waals surface area (Å²) in [7, 11) is 0. The van der Waals surface area contributed by atoms with E-state index in [0.29, 0.717) is 5.69 Å². The lowest BCUT2D eigenvalue weighted by molar-refractivity contribution is -0.384. The third kappa shape index (κ3) is 3.02. The molecule has 0 spiro atoms. The van der Waals surface area contributed by atoms with Crippen LogP contribution >= 0.6 is 0 Å². The number of rotatable bonds is 4. The van der Waals surface area contributed by atoms with Gasteiger partial charge in [0.25, 0.3) is 5.69 Å². The van der Waals surface area contributed by atoms with Gasteiger partial charge in [-0.15, -0.1) is 0 Å². The molecular formula is C16H14N4O4. The molecule has 0 bridgehead atoms. The van der Waals surface area contributed by atoms with Crippen LogP contribution in [0.25, 0.3) is 5.65 Å². The van der Waals surface area contributed by atoms with Crippen molar-refractivity contribution in [2.75, 3.05) is 5.73 Å². The summed E-state index contributed by atoms with van der Waals surface area (Å²) in [6.45, 7) is 1.91. The van der Waals surface area contributed by atoms with Crippen LogP contribution in [0.1, 0.15) is 21.6 Å². The highest BCUT2D eigenvalue weighted by atomic mass is 16.6. The second kappa shape index (κ2) is 5.99. The smallest absolute Gasteiger partial charge is 0.340 e. The number of nitro groups is 1. The van der Waals surface area contributed by atoms with Crippen LogP contribution in [0.5, 0.6) is 0 Å². The highest BCUT2D eigenvalue weighted by Crippen LogP contribution is 2.21. The first-order valence-corrected chi connectivity index (χ1v) is 7.09. The molecule has 8 heteroatoms. The average Bonchev–Trinajstić information content (AvgIpc) is 2.94. The summed E-state index contributed by atoms with van der Waals surface area (Å²) in [4.78, 5) is 26.7. The van der Waals surface area contributed by atoms with Crippen molar-refractivity contribution in [1.82, 2.24) is 9.38 Å². The number of aryl methyl sites for hydroxylation is 1. The Morgan fingerprint density at radius 1 is 1.33 bits per heavy atom. The molecule has 2 N–H and O–H groups in total. The summed E-state index contributed by atoms with van der Waals surface area (Å²) in [5, 5.41) is 10.8. The number of fused-ring (bicyclic) bond motifs is 1. The molecule has 0 radical (unpaired) electrons. The number of ether oxygens (including phenoxy) is 1. The van der Waals surface area contributed by atoms with E-state index in [1.165, 1.54) is 12.1 Å². The van der Waals surface area contributed by atoms with Crippen LogP contribution in [0.15, 0.2) is 42.7 Å². The van der Waals surface area contributed by atoms with Gasteiger partial charge in [0.15, 0.2) is 0 Å². The SMILES string of the molecule is Cc1ccc2nc(COC(=O)c3cc([N+](=O)[O-])ccc3N)cn2c1. The van der Waals surface area contributed by atoms with Gasteiger partial charge in [-0.1, -0.05) is 6.07 Å². The predicted octanol–water partition coefficient (Wildman–Crippen LogP) is 2.49. The Hall–Kier alpha value is -3.42. The van der Waals surface area contributed by atoms with Gasteiger partial charge in [0.05, 0.1) is 16.2 Å². The topological polar surface area (TPSA) is 113 Å². The first-order valence-electron chi connectivity index (χ1n) is 7.09. The number of nitro benzene ring substituents is 1. The summed E-state index contributed by atoms with van der Waals surface area (Å²) in [5.74, 6) is -0.732. The van der Waals surface area contributed by atoms with Crippen molar-refractivity contribution in [1.29, 1.82) is 0 Å². The van der Waals surface area contributed by atoms with Crippen LogP contribution in [0.3, 0.4) is 0 Å². The lowest BCUT2D eigenvalue weighted by atomic mass is 10.1. The molecule has 0 saturated carbocycles. The fourth-order valence-electron chi connectivity index (χ4n) is 2.28. The van der Waals surface area contributed by atoms with Gasteiger partial charge in [-0.25, -0.2) is 9.78 Å². The van der Waals surface area contributed by atoms with Crippen molar-refractivity contribution in [2.24, 2.45) is 0 Å². The number of nitrogen functional groups attached to an aromatic ring is 1. The summed E-state index contributed by atoms with van der Waals surface area (Å²) in [6.07, 6.45) is 3.67. The third-order valence-electron chi connectivity index (χ3n) is 3.47. The Kier molecular flexibility index (Phi) is 3.87. The molecule has 122 valence electrons. The number of esters is 1. The first kappa shape index (κ1) is 15.5. The molecule has 2 heterocycles. The molecule has 0 aliphatic heterocycles. The lowest BCUT2D eigenvalue weighted by Crippen LogP contribution is -2.09. The summed E-state index contributed by atoms with van der Waals surface area (Å²) >= 11 is 0. The van der Waals surface area contributed by atoms with Crippen LogP contribution < -0.4 is 5.73 Å². The van der Waals surface area contributed by atoms with Crippen molar-refractivity contribution in [3.63, 3.8) is 0 Å². The monoisotopic (exact) mass is 326 g/mol. The zero-order valence-electron chi connectivity index (χ0n) is 12.8. The number of non-ortho nitro benzene ring substituents is 1. The standard InChI is InChI=1S/C16H14N4O4/c1-10-2-5-15-18-11(8-19(15)7-10)9-24-16(21)13-6-12(20(22)23)3-4-14(13)17/h2-8H,9,17H2,1H3. The number of anilines is 1. The van der Waals surface area contributed by atoms with Gasteiger partial charge < -0.3 is 14.9 Å². The van der Waals surface area contributed by atoms with Crippen molar-refractivity contribution in [2.45, 2.75) is 13.5 Å². The molecular weight excluding hydrogens is 312 g/mol. The maximum atomic E-state index is 12.1. The Morgan fingerprint density at radius 3 is 2.88 bits per heavy atom. The molecule has 0 aliphatic carbocycles. The van der Waals surface area contributed by atoms with E-state index in [1.807, 2.05) is 29.7 Å². The molecule has 24 heavy (non-hydrogen) atoms. The van der Waals surface area contributed by atoms with Gasteiger partial charge in [-0.2, -0.15) is 0 Å². The number of nitrogens with zero attached hydrogens (tertiary/aromatic N) is 3. The van der Waals surface area contributed by atoms with E-state index < -0.39 is 10.9 Å². The van der Waals surface area contributed by atoms with Gasteiger partial charge in [-0.3, -0.25) is 10.1 Å². The molecule has 2 aromatic heterocycles. The summed E-state index contributed by atoms with van der Waals surface area (Å²) in [5.41, 5.74) is 7.94. The number of hydrogen-bond donors (Lipinski definition) is 1. The molecule has 3 rings (SSSR count). The molecule has 1 aromatic carbocycles. The largest absolute Gasteiger partial charge is 0.455 e. The van der Waals surface area contributed by atoms with Gasteiger partial charge in [0, 0.05) is 30.2 Å². The van der Waals surface area contributed by atoms with Gasteiger partial charge in [0.1, 0.15) is 12.3 Å². The minimum Gasteiger partial charge on any atom is -0.455 e. The maximum Gasteiger partial charge on any atom is 0.340 e. The van der Waals surface area contributed by atoms with Crippen molar-refractivity contribution in [3.8, 4) is 0 Å². The van der Waals surface area contributed by atoms with E-state index in [-0.39, 0.29) is 23.5 Å². The Labute approximate surface area is 136 Å². The number of hydrogen-bond acceptors (Lipinski definition) is 6. The summed E-state index contributed by atoms with van der Waals surface area (Å²) in [6, 6.07) is 7.44. The van der Waals surface area contributed by atoms with Gasteiger partial charge in [0.2, 0.25) is 0 Å². The van der Waals surface area contributed by atoms with Crippen LogP contribution in [0.2, 0.25) is 0 Å². The molecule has 0 fully saturated rings. The fraction of sp³-hybridized carbons (Fsp3) is 0.125. The second-order valence-electron chi connectivity index (χ2n) is 5.31. The number of imidazole rings is 1. The van der Waals surface area contributed by atoms with Gasteiger partial charge >= 0.3 is 5.97 Å². The van der Waals surface area contributed by atoms with Crippen LogP contribution in [-0.4, -0.2) is 20.3 Å². The fourth-order valence-corrected chi connectivity index (χ4v) is 2.28. The molecule has 0 saturated heterocycles. The van der Waals surface area contributed by atoms with E-state index in [0.717, 1.165) is 17.3 Å². The highest BCUT2D eigenvalue weighted by Gasteiger charge is 2.17. The minimum absolute atomic E-state index is 0.0381. The number of nitrogens with two attached hydrogens (primary N) is 1. The molecule has 0 aliphatic rings. The zero-order chi connectivity index (χ0) is 17.3. The zero-order valence-corrected chi connectivity index (χ0v) is 12.8. The van der Waals surface area contributed by atoms with Gasteiger partial charge in [-0.05, 0) is 24.6 Å². The average molecular weight is 326 g/mol. The number of aromatic nitrogens is 2. The van der Waals surface area contributed by atoms with E-state index in [1.54, 1.807) is 6.20 Å². The quantitative estimate of drug-likeness (QED) is 0.341. The normalized spacial score (nSPS) is 10.7. The third-order valence-corrected chi connectivity index (χ3v) is 3.47. The van der Waals surface area contributed by atoms with Crippen molar-refractivity contribution in [3.05, 3.63) is 69.7 Å². The Morgan fingerprint density at radius 2 is 2.12 bits per heavy atom. The minimum atomic E-state index is -0.732. The van der Waals surface area contributed by atoms with E-state index in [4.69, 9.17) is 10.5 Å². The number of benzene rings is 1. The van der Waals surface area contributed by atoms with E-state index >= 15 is 0 Å². The highest BCUT2D eigenvalue weighted by molar-refractivity contribution is 5.95. The van der Waals surface area contributed by atoms with Crippen molar-refractivity contribution < 1.29 is 14.5 Å². The van der Waals surface area contributed by atoms with Crippen LogP contribution in [0.4, 0.5) is 11.4 Å². The van der Waals surface area contributed by atoms with Crippen molar-refractivity contribution >= 4 is 23.0 Å². The van der Waals surface area contributed by atoms with Crippen LogP contribution in [-0.2, 0) is 11.3 Å². The molecule has 0 atom stereocenters. The first-order chi connectivity index (χ1) is 11.4. The maximum absolute atomic E-state index is 12.1. The molecule has 0 amide bonds. The summed E-state index contributed by atoms with van der Waals surface area (Å²) < 4.78 is 7.01. The number of carbonyl (C=O) groups is 1. The Bertz CT molecular complexity index is 948. The van der Waals surface area contributed by atoms with E-state index in [2.05, 4.69) is 4.98 Å². The number of pyridine rings is 1. The second-order valence-corrected chi connectivity index (χ2v) is 5.31. The predicted molar refractivity (Wildman–Crippen MR) is 86.6 cm³/mol. The van der Waals surface area contributed by atoms with Crippen LogP contribution in [0, 0.1) is 17.0 Å².